The van der Waals surface area contributed by atoms with E-state index in [2.05, 4.69) is 12.2 Å². The molecule has 1 heterocycles. The number of hydrogen-bond donors (Lipinski definition) is 1. The average Bonchev–Trinajstić information content (AvgIpc) is 3.13. The predicted octanol–water partition coefficient (Wildman–Crippen LogP) is 5.20. The van der Waals surface area contributed by atoms with Crippen LogP contribution in [-0.2, 0) is 13.2 Å². The quantitative estimate of drug-likeness (QED) is 0.811. The van der Waals surface area contributed by atoms with Gasteiger partial charge in [-0.25, -0.2) is 0 Å². The second-order valence-electron chi connectivity index (χ2n) is 6.91. The number of anilines is 1. The van der Waals surface area contributed by atoms with Crippen molar-refractivity contribution < 1.29 is 18.0 Å². The van der Waals surface area contributed by atoms with Crippen molar-refractivity contribution in [3.63, 3.8) is 0 Å². The summed E-state index contributed by atoms with van der Waals surface area (Å²) in [5.74, 6) is 0.232. The van der Waals surface area contributed by atoms with Crippen LogP contribution < -0.4 is 5.32 Å². The van der Waals surface area contributed by atoms with Crippen LogP contribution in [0.5, 0.6) is 0 Å². The van der Waals surface area contributed by atoms with Gasteiger partial charge in [-0.1, -0.05) is 31.5 Å². The van der Waals surface area contributed by atoms with E-state index in [1.54, 1.807) is 12.1 Å². The highest BCUT2D eigenvalue weighted by molar-refractivity contribution is 6.05. The largest absolute Gasteiger partial charge is 0.418 e. The summed E-state index contributed by atoms with van der Waals surface area (Å²) < 4.78 is 40.7. The number of nitrogens with zero attached hydrogens (tertiary/aromatic N) is 1. The number of halogens is 3. The van der Waals surface area contributed by atoms with Crippen molar-refractivity contribution in [2.45, 2.75) is 38.3 Å². The number of aryl methyl sites for hydroxylation is 1. The Labute approximate surface area is 144 Å². The number of benzene rings is 1. The summed E-state index contributed by atoms with van der Waals surface area (Å²) in [7, 11) is 1.47. The molecule has 3 rings (SSSR count). The van der Waals surface area contributed by atoms with Crippen molar-refractivity contribution in [3.05, 3.63) is 53.3 Å². The zero-order valence-corrected chi connectivity index (χ0v) is 14.2. The van der Waals surface area contributed by atoms with Gasteiger partial charge in [-0.15, -0.1) is 0 Å². The Hall–Kier alpha value is -2.24. The summed E-state index contributed by atoms with van der Waals surface area (Å²) in [5.41, 5.74) is 0.331. The SMILES string of the molecule is CC1CCC(c2ccccc2NC(=O)c2cn(C)cc2C(F)(F)F)C1. The maximum absolute atomic E-state index is 13.1. The smallest absolute Gasteiger partial charge is 0.356 e. The first-order valence-corrected chi connectivity index (χ1v) is 8.39. The third kappa shape index (κ3) is 3.72. The minimum atomic E-state index is -4.56. The van der Waals surface area contributed by atoms with E-state index in [1.807, 2.05) is 12.1 Å². The minimum absolute atomic E-state index is 0.337. The number of carbonyl (C=O) groups is 1. The van der Waals surface area contributed by atoms with E-state index >= 15 is 0 Å². The molecule has 1 N–H and O–H groups in total. The van der Waals surface area contributed by atoms with Gasteiger partial charge in [0.15, 0.2) is 0 Å². The van der Waals surface area contributed by atoms with Crippen LogP contribution in [0.1, 0.15) is 53.6 Å². The molecule has 1 aromatic carbocycles. The molecule has 1 fully saturated rings. The van der Waals surface area contributed by atoms with E-state index in [-0.39, 0.29) is 5.56 Å². The van der Waals surface area contributed by atoms with Gasteiger partial charge >= 0.3 is 6.18 Å². The Balaban J connectivity index is 1.88. The Morgan fingerprint density at radius 1 is 1.20 bits per heavy atom. The molecular weight excluding hydrogens is 329 g/mol. The fourth-order valence-electron chi connectivity index (χ4n) is 3.64. The van der Waals surface area contributed by atoms with E-state index in [0.29, 0.717) is 17.5 Å². The van der Waals surface area contributed by atoms with Crippen molar-refractivity contribution in [2.75, 3.05) is 5.32 Å². The highest BCUT2D eigenvalue weighted by Crippen LogP contribution is 2.41. The maximum atomic E-state index is 13.1. The minimum Gasteiger partial charge on any atom is -0.356 e. The molecule has 25 heavy (non-hydrogen) atoms. The van der Waals surface area contributed by atoms with E-state index in [1.165, 1.54) is 17.8 Å². The number of rotatable bonds is 3. The molecule has 3 nitrogen and oxygen atoms in total. The second kappa shape index (κ2) is 6.58. The van der Waals surface area contributed by atoms with Crippen molar-refractivity contribution in [1.29, 1.82) is 0 Å². The number of para-hydroxylation sites is 1. The number of amides is 1. The molecule has 0 saturated heterocycles. The van der Waals surface area contributed by atoms with Gasteiger partial charge in [0.1, 0.15) is 0 Å². The number of alkyl halides is 3. The molecule has 2 aromatic rings. The zero-order valence-electron chi connectivity index (χ0n) is 14.2. The van der Waals surface area contributed by atoms with E-state index in [9.17, 15) is 18.0 Å². The van der Waals surface area contributed by atoms with E-state index in [4.69, 9.17) is 0 Å². The first kappa shape index (κ1) is 17.6. The standard InChI is InChI=1S/C19H21F3N2O/c1-12-7-8-13(9-12)14-5-3-4-6-17(14)23-18(25)15-10-24(2)11-16(15)19(20,21)22/h3-6,10-13H,7-9H2,1-2H3,(H,23,25). The molecule has 0 aliphatic heterocycles. The molecule has 6 heteroatoms. The Morgan fingerprint density at radius 2 is 1.92 bits per heavy atom. The summed E-state index contributed by atoms with van der Waals surface area (Å²) in [6.07, 6.45) is 0.773. The van der Waals surface area contributed by atoms with Gasteiger partial charge < -0.3 is 9.88 Å². The summed E-state index contributed by atoms with van der Waals surface area (Å²) in [4.78, 5) is 12.5. The van der Waals surface area contributed by atoms with Gasteiger partial charge in [-0.05, 0) is 36.3 Å². The zero-order chi connectivity index (χ0) is 18.2. The van der Waals surface area contributed by atoms with Gasteiger partial charge in [0.25, 0.3) is 5.91 Å². The van der Waals surface area contributed by atoms with Crippen LogP contribution in [0.2, 0.25) is 0 Å². The van der Waals surface area contributed by atoms with E-state index in [0.717, 1.165) is 31.0 Å². The highest BCUT2D eigenvalue weighted by atomic mass is 19.4. The van der Waals surface area contributed by atoms with E-state index < -0.39 is 17.6 Å². The van der Waals surface area contributed by atoms with Gasteiger partial charge in [0.05, 0.1) is 11.1 Å². The number of carbonyl (C=O) groups excluding carboxylic acids is 1. The number of hydrogen-bond acceptors (Lipinski definition) is 1. The summed E-state index contributed by atoms with van der Waals surface area (Å²) in [5, 5.41) is 2.69. The maximum Gasteiger partial charge on any atom is 0.418 e. The van der Waals surface area contributed by atoms with Gasteiger partial charge in [0.2, 0.25) is 0 Å². The van der Waals surface area contributed by atoms with Crippen molar-refractivity contribution in [2.24, 2.45) is 13.0 Å². The van der Waals surface area contributed by atoms with Crippen LogP contribution in [0.3, 0.4) is 0 Å². The lowest BCUT2D eigenvalue weighted by molar-refractivity contribution is -0.137. The predicted molar refractivity (Wildman–Crippen MR) is 90.6 cm³/mol. The molecule has 1 aromatic heterocycles. The summed E-state index contributed by atoms with van der Waals surface area (Å²) >= 11 is 0. The molecule has 2 atom stereocenters. The molecule has 1 aliphatic carbocycles. The molecule has 0 bridgehead atoms. The second-order valence-corrected chi connectivity index (χ2v) is 6.91. The van der Waals surface area contributed by atoms with Gasteiger partial charge in [0, 0.05) is 25.1 Å². The molecule has 1 amide bonds. The normalized spacial score (nSPS) is 20.7. The lowest BCUT2D eigenvalue weighted by Crippen LogP contribution is -2.18. The molecule has 1 aliphatic rings. The molecular formula is C19H21F3N2O. The van der Waals surface area contributed by atoms with Crippen LogP contribution in [0.15, 0.2) is 36.7 Å². The van der Waals surface area contributed by atoms with Crippen LogP contribution in [-0.4, -0.2) is 10.5 Å². The molecule has 0 radical (unpaired) electrons. The fourth-order valence-corrected chi connectivity index (χ4v) is 3.64. The molecule has 0 spiro atoms. The van der Waals surface area contributed by atoms with Gasteiger partial charge in [-0.2, -0.15) is 13.2 Å². The van der Waals surface area contributed by atoms with Crippen molar-refractivity contribution in [3.8, 4) is 0 Å². The summed E-state index contributed by atoms with van der Waals surface area (Å²) in [6.45, 7) is 2.20. The number of aromatic nitrogens is 1. The lowest BCUT2D eigenvalue weighted by Gasteiger charge is -2.16. The van der Waals surface area contributed by atoms with Crippen LogP contribution in [0, 0.1) is 5.92 Å². The first-order valence-electron chi connectivity index (χ1n) is 8.39. The van der Waals surface area contributed by atoms with Crippen LogP contribution in [0.25, 0.3) is 0 Å². The number of nitrogens with one attached hydrogen (secondary N) is 1. The monoisotopic (exact) mass is 350 g/mol. The first-order chi connectivity index (χ1) is 11.8. The third-order valence-electron chi connectivity index (χ3n) is 4.85. The topological polar surface area (TPSA) is 34.0 Å². The van der Waals surface area contributed by atoms with Crippen molar-refractivity contribution in [1.82, 2.24) is 4.57 Å². The third-order valence-corrected chi connectivity index (χ3v) is 4.85. The Bertz CT molecular complexity index is 779. The van der Waals surface area contributed by atoms with Crippen molar-refractivity contribution >= 4 is 11.6 Å². The fraction of sp³-hybridized carbons (Fsp3) is 0.421. The van der Waals surface area contributed by atoms with Crippen LogP contribution >= 0.6 is 0 Å². The molecule has 1 saturated carbocycles. The highest BCUT2D eigenvalue weighted by Gasteiger charge is 2.37. The Morgan fingerprint density at radius 3 is 2.56 bits per heavy atom. The van der Waals surface area contributed by atoms with Crippen LogP contribution in [0.4, 0.5) is 18.9 Å². The molecule has 134 valence electrons. The lowest BCUT2D eigenvalue weighted by atomic mass is 9.95. The molecule has 2 unspecified atom stereocenters. The summed E-state index contributed by atoms with van der Waals surface area (Å²) in [6, 6.07) is 7.39. The Kier molecular flexibility index (Phi) is 4.62. The van der Waals surface area contributed by atoms with Gasteiger partial charge in [-0.3, -0.25) is 4.79 Å². The average molecular weight is 350 g/mol.